The van der Waals surface area contributed by atoms with E-state index in [1.54, 1.807) is 0 Å². The second kappa shape index (κ2) is 3.50. The van der Waals surface area contributed by atoms with Gasteiger partial charge in [0.1, 0.15) is 0 Å². The Bertz CT molecular complexity index is 737. The summed E-state index contributed by atoms with van der Waals surface area (Å²) in [6.07, 6.45) is 1.82. The molecule has 0 bridgehead atoms. The van der Waals surface area contributed by atoms with Gasteiger partial charge in [0, 0.05) is 22.4 Å². The number of aromatic nitrogens is 2. The molecule has 2 aromatic carbocycles. The van der Waals surface area contributed by atoms with Crippen LogP contribution in [0.25, 0.3) is 32.7 Å². The first-order valence-electron chi connectivity index (χ1n) is 5.94. The van der Waals surface area contributed by atoms with E-state index in [4.69, 9.17) is 4.98 Å². The zero-order valence-corrected chi connectivity index (χ0v) is 9.67. The molecule has 0 aliphatic rings. The van der Waals surface area contributed by atoms with Crippen molar-refractivity contribution in [2.75, 3.05) is 0 Å². The molecular weight excluding hydrogens is 220 g/mol. The molecule has 0 N–H and O–H groups in total. The molecule has 4 rings (SSSR count). The molecule has 0 unspecified atom stereocenters. The first-order chi connectivity index (χ1) is 8.90. The van der Waals surface area contributed by atoms with E-state index in [2.05, 4.69) is 35.3 Å². The summed E-state index contributed by atoms with van der Waals surface area (Å²) in [6.45, 7) is 0. The zero-order valence-electron chi connectivity index (χ0n) is 9.67. The minimum atomic E-state index is 1.02. The smallest absolute Gasteiger partial charge is 0.0717 e. The van der Waals surface area contributed by atoms with Crippen molar-refractivity contribution in [3.63, 3.8) is 0 Å². The number of fused-ring (bicyclic) bond motifs is 3. The standard InChI is InChI=1S/C16H10N2/c1-2-6-14-11(4-1)8-13-10-15-12(5-3-7-17-15)9-16(13)18-14/h1-10H. The topological polar surface area (TPSA) is 25.8 Å². The van der Waals surface area contributed by atoms with Crippen LogP contribution in [-0.2, 0) is 0 Å². The number of para-hydroxylation sites is 1. The maximum absolute atomic E-state index is 4.70. The lowest BCUT2D eigenvalue weighted by molar-refractivity contribution is 1.41. The highest BCUT2D eigenvalue weighted by molar-refractivity contribution is 5.99. The molecule has 0 radical (unpaired) electrons. The number of hydrogen-bond donors (Lipinski definition) is 0. The maximum atomic E-state index is 4.70. The number of benzene rings is 2. The first-order valence-corrected chi connectivity index (χ1v) is 5.94. The first kappa shape index (κ1) is 9.54. The molecule has 84 valence electrons. The third-order valence-corrected chi connectivity index (χ3v) is 3.24. The largest absolute Gasteiger partial charge is 0.256 e. The molecule has 18 heavy (non-hydrogen) atoms. The van der Waals surface area contributed by atoms with E-state index >= 15 is 0 Å². The Hall–Kier alpha value is -2.48. The quantitative estimate of drug-likeness (QED) is 0.428. The Morgan fingerprint density at radius 1 is 0.611 bits per heavy atom. The summed E-state index contributed by atoms with van der Waals surface area (Å²) in [5.74, 6) is 0. The van der Waals surface area contributed by atoms with Gasteiger partial charge >= 0.3 is 0 Å². The summed E-state index contributed by atoms with van der Waals surface area (Å²) in [7, 11) is 0. The highest BCUT2D eigenvalue weighted by Crippen LogP contribution is 2.23. The van der Waals surface area contributed by atoms with Gasteiger partial charge in [-0.05, 0) is 30.3 Å². The average Bonchev–Trinajstić information content (AvgIpc) is 2.42. The van der Waals surface area contributed by atoms with Crippen LogP contribution >= 0.6 is 0 Å². The van der Waals surface area contributed by atoms with Gasteiger partial charge in [-0.25, -0.2) is 4.98 Å². The number of hydrogen-bond acceptors (Lipinski definition) is 2. The van der Waals surface area contributed by atoms with Crippen molar-refractivity contribution < 1.29 is 0 Å². The highest BCUT2D eigenvalue weighted by atomic mass is 14.7. The zero-order chi connectivity index (χ0) is 11.9. The van der Waals surface area contributed by atoms with Crippen LogP contribution in [0.3, 0.4) is 0 Å². The minimum absolute atomic E-state index is 1.02. The lowest BCUT2D eigenvalue weighted by atomic mass is 10.1. The fraction of sp³-hybridized carbons (Fsp3) is 0. The molecule has 0 aliphatic heterocycles. The summed E-state index contributed by atoms with van der Waals surface area (Å²) in [5.41, 5.74) is 3.07. The Morgan fingerprint density at radius 2 is 1.39 bits per heavy atom. The van der Waals surface area contributed by atoms with Crippen molar-refractivity contribution in [3.05, 3.63) is 60.8 Å². The van der Waals surface area contributed by atoms with Crippen LogP contribution in [0, 0.1) is 0 Å². The van der Waals surface area contributed by atoms with Gasteiger partial charge in [0.2, 0.25) is 0 Å². The van der Waals surface area contributed by atoms with Crippen molar-refractivity contribution in [1.29, 1.82) is 0 Å². The van der Waals surface area contributed by atoms with Gasteiger partial charge in [-0.2, -0.15) is 0 Å². The van der Waals surface area contributed by atoms with Crippen LogP contribution in [0.4, 0.5) is 0 Å². The molecule has 2 heterocycles. The summed E-state index contributed by atoms with van der Waals surface area (Å²) in [5, 5.41) is 3.44. The average molecular weight is 230 g/mol. The lowest BCUT2D eigenvalue weighted by Crippen LogP contribution is -1.84. The number of rotatable bonds is 0. The Labute approximate surface area is 104 Å². The normalized spacial score (nSPS) is 11.3. The third kappa shape index (κ3) is 1.36. The molecule has 0 saturated heterocycles. The van der Waals surface area contributed by atoms with Gasteiger partial charge in [0.05, 0.1) is 16.6 Å². The molecule has 0 aliphatic carbocycles. The van der Waals surface area contributed by atoms with E-state index in [-0.39, 0.29) is 0 Å². The summed E-state index contributed by atoms with van der Waals surface area (Å²) < 4.78 is 0. The molecule has 0 fully saturated rings. The predicted octanol–water partition coefficient (Wildman–Crippen LogP) is 3.94. The molecule has 2 heteroatoms. The van der Waals surface area contributed by atoms with Crippen LogP contribution < -0.4 is 0 Å². The fourth-order valence-electron chi connectivity index (χ4n) is 2.35. The third-order valence-electron chi connectivity index (χ3n) is 3.24. The van der Waals surface area contributed by atoms with Gasteiger partial charge < -0.3 is 0 Å². The Balaban J connectivity index is 2.20. The number of pyridine rings is 2. The summed E-state index contributed by atoms with van der Waals surface area (Å²) in [6, 6.07) is 18.6. The van der Waals surface area contributed by atoms with Crippen molar-refractivity contribution in [2.45, 2.75) is 0 Å². The van der Waals surface area contributed by atoms with E-state index in [9.17, 15) is 0 Å². The molecule has 0 spiro atoms. The second-order valence-electron chi connectivity index (χ2n) is 4.42. The van der Waals surface area contributed by atoms with Crippen LogP contribution in [-0.4, -0.2) is 9.97 Å². The van der Waals surface area contributed by atoms with Crippen LogP contribution in [0.1, 0.15) is 0 Å². The second-order valence-corrected chi connectivity index (χ2v) is 4.42. The van der Waals surface area contributed by atoms with Crippen molar-refractivity contribution in [3.8, 4) is 0 Å². The maximum Gasteiger partial charge on any atom is 0.0717 e. The minimum Gasteiger partial charge on any atom is -0.256 e. The van der Waals surface area contributed by atoms with Crippen LogP contribution in [0.2, 0.25) is 0 Å². The van der Waals surface area contributed by atoms with E-state index in [0.717, 1.165) is 27.3 Å². The lowest BCUT2D eigenvalue weighted by Gasteiger charge is -2.03. The van der Waals surface area contributed by atoms with Gasteiger partial charge in [-0.15, -0.1) is 0 Å². The summed E-state index contributed by atoms with van der Waals surface area (Å²) in [4.78, 5) is 9.08. The van der Waals surface area contributed by atoms with Crippen molar-refractivity contribution in [1.82, 2.24) is 9.97 Å². The van der Waals surface area contributed by atoms with Crippen molar-refractivity contribution in [2.24, 2.45) is 0 Å². The molecule has 0 atom stereocenters. The van der Waals surface area contributed by atoms with Gasteiger partial charge in [-0.1, -0.05) is 24.3 Å². The predicted molar refractivity (Wildman–Crippen MR) is 74.6 cm³/mol. The van der Waals surface area contributed by atoms with Gasteiger partial charge in [0.25, 0.3) is 0 Å². The monoisotopic (exact) mass is 230 g/mol. The fourth-order valence-corrected chi connectivity index (χ4v) is 2.35. The number of nitrogens with zero attached hydrogens (tertiary/aromatic N) is 2. The Kier molecular flexibility index (Phi) is 1.86. The highest BCUT2D eigenvalue weighted by Gasteiger charge is 2.02. The van der Waals surface area contributed by atoms with Gasteiger partial charge in [0.15, 0.2) is 0 Å². The molecule has 0 saturated carbocycles. The molecule has 2 aromatic heterocycles. The SMILES string of the molecule is c1cnc2cc3cc4ccccc4nc3cc2c1. The van der Waals surface area contributed by atoms with Crippen LogP contribution in [0.5, 0.6) is 0 Å². The Morgan fingerprint density at radius 3 is 2.39 bits per heavy atom. The molecule has 4 aromatic rings. The molecular formula is C16H10N2. The molecule has 0 amide bonds. The van der Waals surface area contributed by atoms with E-state index in [1.807, 2.05) is 30.5 Å². The van der Waals surface area contributed by atoms with Crippen molar-refractivity contribution >= 4 is 32.7 Å². The van der Waals surface area contributed by atoms with E-state index in [0.29, 0.717) is 0 Å². The van der Waals surface area contributed by atoms with Gasteiger partial charge in [-0.3, -0.25) is 4.98 Å². The summed E-state index contributed by atoms with van der Waals surface area (Å²) >= 11 is 0. The van der Waals surface area contributed by atoms with Crippen LogP contribution in [0.15, 0.2) is 60.8 Å². The molecule has 2 nitrogen and oxygen atoms in total. The van der Waals surface area contributed by atoms with E-state index < -0.39 is 0 Å². The van der Waals surface area contributed by atoms with E-state index in [1.165, 1.54) is 5.39 Å².